The number of amides is 4. The molecule has 0 aliphatic carbocycles. The van der Waals surface area contributed by atoms with Crippen molar-refractivity contribution < 1.29 is 48.8 Å². The number of aromatic hydroxyl groups is 1. The number of likely N-dealkylation sites (tertiary alicyclic amines) is 1. The molecular weight excluding hydrogens is 861 g/mol. The summed E-state index contributed by atoms with van der Waals surface area (Å²) in [6, 6.07) is 8.38. The Bertz CT molecular complexity index is 2590. The van der Waals surface area contributed by atoms with Crippen LogP contribution in [0.1, 0.15) is 70.7 Å². The number of benzene rings is 2. The van der Waals surface area contributed by atoms with Gasteiger partial charge in [-0.05, 0) is 78.3 Å². The number of methoxy groups -OCH3 is 1. The number of carbonyl (C=O) groups excluding carboxylic acids is 5. The van der Waals surface area contributed by atoms with Gasteiger partial charge in [-0.25, -0.2) is 4.79 Å². The van der Waals surface area contributed by atoms with Crippen molar-refractivity contribution in [3.63, 3.8) is 0 Å². The van der Waals surface area contributed by atoms with E-state index in [1.807, 2.05) is 45.0 Å². The molecule has 358 valence electrons. The minimum atomic E-state index is -2.31. The van der Waals surface area contributed by atoms with E-state index in [0.29, 0.717) is 35.5 Å². The Morgan fingerprint density at radius 2 is 1.82 bits per heavy atom. The van der Waals surface area contributed by atoms with Gasteiger partial charge in [-0.2, -0.15) is 5.43 Å². The monoisotopic (exact) mass is 922 g/mol. The molecule has 4 amide bonds. The van der Waals surface area contributed by atoms with Crippen LogP contribution in [-0.4, -0.2) is 138 Å². The van der Waals surface area contributed by atoms with Gasteiger partial charge in [0.05, 0.1) is 31.1 Å². The highest BCUT2D eigenvalue weighted by atomic mass is 16.6. The second-order valence-corrected chi connectivity index (χ2v) is 19.1. The van der Waals surface area contributed by atoms with E-state index in [9.17, 15) is 39.3 Å². The summed E-state index contributed by atoms with van der Waals surface area (Å²) in [5.74, 6) is -4.22. The summed E-state index contributed by atoms with van der Waals surface area (Å²) in [7, 11) is 2.99. The minimum absolute atomic E-state index is 0.0521. The Morgan fingerprint density at radius 3 is 2.52 bits per heavy atom. The van der Waals surface area contributed by atoms with Crippen LogP contribution in [-0.2, 0) is 59.4 Å². The smallest absolute Gasteiger partial charge is 0.355 e. The first-order valence-electron chi connectivity index (χ1n) is 22.7. The van der Waals surface area contributed by atoms with Gasteiger partial charge in [-0.3, -0.25) is 34.2 Å². The first-order valence-corrected chi connectivity index (χ1v) is 22.7. The van der Waals surface area contributed by atoms with Gasteiger partial charge >= 0.3 is 5.97 Å². The van der Waals surface area contributed by atoms with E-state index in [2.05, 4.69) is 26.9 Å². The third-order valence-electron chi connectivity index (χ3n) is 13.0. The molecule has 0 unspecified atom stereocenters. The van der Waals surface area contributed by atoms with Crippen molar-refractivity contribution in [1.82, 2.24) is 40.1 Å². The fourth-order valence-electron chi connectivity index (χ4n) is 9.75. The molecule has 3 aliphatic heterocycles. The number of aliphatic hydroxyl groups is 2. The van der Waals surface area contributed by atoms with Crippen LogP contribution in [0.3, 0.4) is 0 Å². The molecule has 0 saturated carbocycles. The Kier molecular flexibility index (Phi) is 13.9. The Hall–Kier alpha value is -6.21. The highest BCUT2D eigenvalue weighted by Gasteiger charge is 2.49. The van der Waals surface area contributed by atoms with Crippen molar-refractivity contribution >= 4 is 40.5 Å². The van der Waals surface area contributed by atoms with E-state index < -0.39 is 64.3 Å². The van der Waals surface area contributed by atoms with E-state index >= 15 is 0 Å². The molecule has 2 aromatic carbocycles. The van der Waals surface area contributed by atoms with Crippen molar-refractivity contribution in [3.05, 3.63) is 78.3 Å². The molecule has 3 aliphatic rings. The highest BCUT2D eigenvalue weighted by Crippen LogP contribution is 2.41. The first-order chi connectivity index (χ1) is 31.7. The number of hydrogen-bond acceptors (Lipinski definition) is 13. The summed E-state index contributed by atoms with van der Waals surface area (Å²) in [5, 5.41) is 39.5. The largest absolute Gasteiger partial charge is 0.508 e. The van der Waals surface area contributed by atoms with Crippen molar-refractivity contribution in [2.24, 2.45) is 11.3 Å². The summed E-state index contributed by atoms with van der Waals surface area (Å²) in [6.45, 7) is 13.5. The zero-order valence-corrected chi connectivity index (χ0v) is 39.3. The second kappa shape index (κ2) is 19.2. The number of β-amino-alcohol motifs (C(OH)–C–C–N with tert-alkyl or cyclic N) is 1. The third-order valence-corrected chi connectivity index (χ3v) is 13.0. The number of phenols is 1. The molecule has 18 heteroatoms. The summed E-state index contributed by atoms with van der Waals surface area (Å²) in [6.07, 6.45) is 4.67. The van der Waals surface area contributed by atoms with Crippen LogP contribution in [0, 0.1) is 11.3 Å². The molecule has 5 N–H and O–H groups in total. The van der Waals surface area contributed by atoms with E-state index in [1.165, 1.54) is 18.0 Å². The predicted molar refractivity (Wildman–Crippen MR) is 247 cm³/mol. The number of esters is 1. The van der Waals surface area contributed by atoms with Crippen LogP contribution in [0.2, 0.25) is 0 Å². The molecule has 7 rings (SSSR count). The number of aromatic nitrogens is 3. The van der Waals surface area contributed by atoms with Crippen LogP contribution >= 0.6 is 0 Å². The topological polar surface area (TPSA) is 229 Å². The minimum Gasteiger partial charge on any atom is -0.508 e. The lowest BCUT2D eigenvalue weighted by Crippen LogP contribution is -2.67. The van der Waals surface area contributed by atoms with E-state index in [1.54, 1.807) is 39.4 Å². The fourth-order valence-corrected chi connectivity index (χ4v) is 9.75. The number of aryl methyl sites for hydroxylation is 1. The van der Waals surface area contributed by atoms with Crippen LogP contribution < -0.4 is 10.7 Å². The lowest BCUT2D eigenvalue weighted by atomic mass is 9.84. The number of likely N-dealkylation sites (N-methyl/N-ethyl adjacent to an activating group) is 1. The summed E-state index contributed by atoms with van der Waals surface area (Å²) in [5.41, 5.74) is 3.52. The maximum atomic E-state index is 14.7. The van der Waals surface area contributed by atoms with Crippen LogP contribution in [0.15, 0.2) is 61.4 Å². The molecule has 6 bridgehead atoms. The molecule has 0 spiro atoms. The van der Waals surface area contributed by atoms with Gasteiger partial charge in [0, 0.05) is 81.8 Å². The van der Waals surface area contributed by atoms with Crippen molar-refractivity contribution in [2.75, 3.05) is 40.4 Å². The normalized spacial score (nSPS) is 22.6. The highest BCUT2D eigenvalue weighted by molar-refractivity contribution is 5.97. The van der Waals surface area contributed by atoms with Gasteiger partial charge in [0.25, 0.3) is 11.8 Å². The molecule has 5 heterocycles. The number of phenolic OH excluding ortho intramolecular Hbond substituents is 1. The number of nitrogens with one attached hydrogen (secondary N) is 2. The van der Waals surface area contributed by atoms with Gasteiger partial charge in [0.2, 0.25) is 17.5 Å². The molecule has 4 atom stereocenters. The lowest BCUT2D eigenvalue weighted by molar-refractivity contribution is -0.189. The van der Waals surface area contributed by atoms with Crippen molar-refractivity contribution in [3.8, 4) is 28.3 Å². The number of fused-ring (bicyclic) bond motifs is 6. The average Bonchev–Trinajstić information content (AvgIpc) is 3.84. The zero-order chi connectivity index (χ0) is 48.6. The van der Waals surface area contributed by atoms with Gasteiger partial charge in [-0.1, -0.05) is 46.4 Å². The lowest BCUT2D eigenvalue weighted by Gasteiger charge is -2.40. The number of rotatable bonds is 10. The van der Waals surface area contributed by atoms with E-state index in [4.69, 9.17) is 14.5 Å². The Morgan fingerprint density at radius 1 is 1.07 bits per heavy atom. The van der Waals surface area contributed by atoms with Gasteiger partial charge in [-0.15, -0.1) is 0 Å². The Labute approximate surface area is 389 Å². The average molecular weight is 923 g/mol. The number of nitrogens with zero attached hydrogens (tertiary/aromatic N) is 6. The summed E-state index contributed by atoms with van der Waals surface area (Å²) < 4.78 is 13.6. The number of cyclic esters (lactones) is 1. The maximum absolute atomic E-state index is 14.7. The van der Waals surface area contributed by atoms with Crippen LogP contribution in [0.4, 0.5) is 0 Å². The molecule has 2 aromatic heterocycles. The van der Waals surface area contributed by atoms with Gasteiger partial charge < -0.3 is 44.5 Å². The third kappa shape index (κ3) is 9.79. The van der Waals surface area contributed by atoms with Crippen LogP contribution in [0.5, 0.6) is 5.75 Å². The molecule has 18 nitrogen and oxygen atoms in total. The summed E-state index contributed by atoms with van der Waals surface area (Å²) >= 11 is 0. The predicted octanol–water partition coefficient (Wildman–Crippen LogP) is 3.24. The molecular formula is C49H62N8O10. The summed E-state index contributed by atoms with van der Waals surface area (Å²) in [4.78, 5) is 81.4. The molecule has 4 aromatic rings. The zero-order valence-electron chi connectivity index (χ0n) is 39.3. The number of hydrogen-bond donors (Lipinski definition) is 5. The maximum Gasteiger partial charge on any atom is 0.355 e. The van der Waals surface area contributed by atoms with E-state index in [0.717, 1.165) is 43.7 Å². The van der Waals surface area contributed by atoms with Gasteiger partial charge in [0.15, 0.2) is 5.60 Å². The second-order valence-electron chi connectivity index (χ2n) is 19.1. The molecule has 2 saturated heterocycles. The van der Waals surface area contributed by atoms with Crippen molar-refractivity contribution in [2.45, 2.75) is 103 Å². The molecule has 2 fully saturated rings. The molecule has 67 heavy (non-hydrogen) atoms. The number of hydrazine groups is 1. The number of carbonyl (C=O) groups is 5. The molecule has 0 radical (unpaired) electrons. The van der Waals surface area contributed by atoms with Crippen LogP contribution in [0.25, 0.3) is 33.4 Å². The first kappa shape index (κ1) is 48.7. The van der Waals surface area contributed by atoms with Crippen molar-refractivity contribution in [1.29, 1.82) is 0 Å². The standard InChI is InChI=1S/C49H62N8O10/c1-9-39(59)55-19-15-48(64,27-55)45(62)54(7)41(29(3)4)43(60)52-36-22-30-20-32(23-33(58)21-30)31-12-13-38-34(24-31)35(42(56(38)10-2)40-37(26-66-8)50-16-17-51-40)25-47(5,6)28-67-46(63)49(65)14-11-18-57(53-49)44(36)61/h9,12-13,16-17,20-21,23-24,29,36,41,53,58,64-65H,1,10-11,14-15,18-19,22,25-28H2,2-8H3,(H,52,60)/t36-,41-,48+,49-/m0/s1. The Balaban J connectivity index is 1.32. The quantitative estimate of drug-likeness (QED) is 0.114. The van der Waals surface area contributed by atoms with E-state index in [-0.39, 0.29) is 64.3 Å². The van der Waals surface area contributed by atoms with Gasteiger partial charge in [0.1, 0.15) is 23.5 Å². The number of ether oxygens (including phenoxy) is 2. The fraction of sp³-hybridized carbons (Fsp3) is 0.490. The SMILES string of the molecule is C=CC(=O)N1CC[C@](O)(C(=O)N(C)[C@H](C(=O)N[C@H]2Cc3cc(O)cc(c3)-c3ccc4c(c3)c(c(-c3nccnc3COC)n4CC)CC(C)(C)COC(=O)[C@@]3(O)CCCN(N3)C2=O)C(C)C)C1.